The molecule has 0 bridgehead atoms. The maximum Gasteiger partial charge on any atom is 0.153 e. The van der Waals surface area contributed by atoms with Crippen LogP contribution in [0.4, 0.5) is 0 Å². The van der Waals surface area contributed by atoms with Gasteiger partial charge in [0.15, 0.2) is 5.82 Å². The van der Waals surface area contributed by atoms with Crippen molar-refractivity contribution in [3.05, 3.63) is 35.9 Å². The lowest BCUT2D eigenvalue weighted by Crippen LogP contribution is -2.40. The number of rotatable bonds is 7. The number of allylic oxidation sites excluding steroid dienone is 2. The summed E-state index contributed by atoms with van der Waals surface area (Å²) in [5, 5.41) is 3.82. The second-order valence-corrected chi connectivity index (χ2v) is 8.76. The number of hydrogen-bond donors (Lipinski definition) is 2. The summed E-state index contributed by atoms with van der Waals surface area (Å²) in [7, 11) is 0. The topological polar surface area (TPSA) is 47.2 Å². The molecule has 27 heavy (non-hydrogen) atoms. The Balaban J connectivity index is 1.12. The molecule has 3 heterocycles. The minimum atomic E-state index is 0.670. The molecule has 4 aliphatic rings. The summed E-state index contributed by atoms with van der Waals surface area (Å²) in [5.74, 6) is 1.76. The monoisotopic (exact) mass is 367 g/mol. The van der Waals surface area contributed by atoms with Crippen LogP contribution in [0, 0.1) is 0 Å². The maximum atomic E-state index is 4.66. The highest BCUT2D eigenvalue weighted by molar-refractivity contribution is 5.62. The predicted octanol–water partition coefficient (Wildman–Crippen LogP) is 3.11. The van der Waals surface area contributed by atoms with Gasteiger partial charge in [-0.15, -0.1) is 0 Å². The Labute approximate surface area is 162 Å². The summed E-state index contributed by atoms with van der Waals surface area (Å²) >= 11 is 0. The van der Waals surface area contributed by atoms with Crippen LogP contribution in [0.15, 0.2) is 24.4 Å². The molecule has 5 nitrogen and oxygen atoms in total. The zero-order valence-electron chi connectivity index (χ0n) is 16.4. The lowest BCUT2D eigenvalue weighted by atomic mass is 10.2. The largest absolute Gasteiger partial charge is 0.364 e. The van der Waals surface area contributed by atoms with E-state index >= 15 is 0 Å². The van der Waals surface area contributed by atoms with E-state index < -0.39 is 0 Å². The molecule has 0 amide bonds. The summed E-state index contributed by atoms with van der Waals surface area (Å²) in [6.07, 6.45) is 18.3. The van der Waals surface area contributed by atoms with Gasteiger partial charge in [0.2, 0.25) is 0 Å². The minimum Gasteiger partial charge on any atom is -0.364 e. The Morgan fingerprint density at radius 2 is 2.04 bits per heavy atom. The fourth-order valence-electron chi connectivity index (χ4n) is 5.02. The number of hydrogen-bond acceptors (Lipinski definition) is 4. The predicted molar refractivity (Wildman–Crippen MR) is 109 cm³/mol. The Kier molecular flexibility index (Phi) is 5.06. The smallest absolute Gasteiger partial charge is 0.153 e. The van der Waals surface area contributed by atoms with Crippen LogP contribution in [-0.2, 0) is 0 Å². The van der Waals surface area contributed by atoms with Crippen LogP contribution in [-0.4, -0.2) is 64.6 Å². The quantitative estimate of drug-likeness (QED) is 0.777. The van der Waals surface area contributed by atoms with Gasteiger partial charge in [-0.1, -0.05) is 25.0 Å². The number of H-pyrrole nitrogens is 1. The van der Waals surface area contributed by atoms with Gasteiger partial charge in [-0.05, 0) is 38.2 Å². The summed E-state index contributed by atoms with van der Waals surface area (Å²) in [6.45, 7) is 5.60. The van der Waals surface area contributed by atoms with Crippen molar-refractivity contribution in [3.8, 4) is 0 Å². The Bertz CT molecular complexity index is 695. The van der Waals surface area contributed by atoms with E-state index in [2.05, 4.69) is 43.3 Å². The molecular weight excluding hydrogens is 334 g/mol. The first-order valence-electron chi connectivity index (χ1n) is 11.0. The van der Waals surface area contributed by atoms with Crippen molar-refractivity contribution in [2.75, 3.05) is 32.7 Å². The van der Waals surface area contributed by atoms with Crippen molar-refractivity contribution in [1.29, 1.82) is 0 Å². The van der Waals surface area contributed by atoms with E-state index in [0.29, 0.717) is 6.04 Å². The lowest BCUT2D eigenvalue weighted by Gasteiger charge is -2.28. The van der Waals surface area contributed by atoms with Crippen LogP contribution >= 0.6 is 0 Å². The van der Waals surface area contributed by atoms with E-state index in [1.165, 1.54) is 69.4 Å². The molecule has 2 saturated carbocycles. The van der Waals surface area contributed by atoms with Gasteiger partial charge in [-0.25, -0.2) is 4.98 Å². The lowest BCUT2D eigenvalue weighted by molar-refractivity contribution is 0.239. The standard InChI is InChI=1S/C22H33N5/c1-2-6-19(5-1)27-13-10-18(16-27)23-11-14-26-12-4-3-7-21(26)22-24-15-20(25-22)17-8-9-17/h3-4,7,15,17-19,23H,1-2,5-6,8-14,16H2,(H,24,25). The Morgan fingerprint density at radius 1 is 1.15 bits per heavy atom. The third-order valence-electron chi connectivity index (χ3n) is 6.79. The first-order valence-corrected chi connectivity index (χ1v) is 11.0. The highest BCUT2D eigenvalue weighted by Crippen LogP contribution is 2.39. The van der Waals surface area contributed by atoms with E-state index in [4.69, 9.17) is 0 Å². The van der Waals surface area contributed by atoms with Gasteiger partial charge in [-0.2, -0.15) is 0 Å². The average Bonchev–Trinajstić information content (AvgIpc) is 3.11. The Hall–Kier alpha value is -1.59. The van der Waals surface area contributed by atoms with Gasteiger partial charge in [0.1, 0.15) is 0 Å². The number of likely N-dealkylation sites (tertiary alicyclic amines) is 1. The van der Waals surface area contributed by atoms with Crippen LogP contribution in [0.25, 0.3) is 5.70 Å². The van der Waals surface area contributed by atoms with Crippen LogP contribution in [0.5, 0.6) is 0 Å². The molecule has 2 aliphatic heterocycles. The molecule has 1 unspecified atom stereocenters. The SMILES string of the molecule is C1=CCN(CCNC2CCN(C3CCCC3)C2)C(c2ncc(C3CC3)[nH]2)=C1. The van der Waals surface area contributed by atoms with Crippen molar-refractivity contribution in [3.63, 3.8) is 0 Å². The van der Waals surface area contributed by atoms with Crippen molar-refractivity contribution < 1.29 is 0 Å². The number of aromatic nitrogens is 2. The first kappa shape index (κ1) is 17.5. The number of imidazole rings is 1. The molecule has 5 rings (SSSR count). The van der Waals surface area contributed by atoms with E-state index in [1.54, 1.807) is 0 Å². The van der Waals surface area contributed by atoms with Gasteiger partial charge < -0.3 is 15.2 Å². The van der Waals surface area contributed by atoms with E-state index in [9.17, 15) is 0 Å². The normalized spacial score (nSPS) is 26.9. The molecule has 2 aliphatic carbocycles. The van der Waals surface area contributed by atoms with Crippen molar-refractivity contribution in [1.82, 2.24) is 25.1 Å². The summed E-state index contributed by atoms with van der Waals surface area (Å²) in [5.41, 5.74) is 2.56. The Morgan fingerprint density at radius 3 is 2.89 bits per heavy atom. The van der Waals surface area contributed by atoms with Gasteiger partial charge in [0.05, 0.1) is 5.70 Å². The molecule has 0 aromatic carbocycles. The fourth-order valence-corrected chi connectivity index (χ4v) is 5.02. The summed E-state index contributed by atoms with van der Waals surface area (Å²) in [6, 6.07) is 1.54. The molecule has 1 aromatic heterocycles. The highest BCUT2D eigenvalue weighted by Gasteiger charge is 2.30. The number of nitrogens with zero attached hydrogens (tertiary/aromatic N) is 3. The van der Waals surface area contributed by atoms with E-state index in [-0.39, 0.29) is 0 Å². The first-order chi connectivity index (χ1) is 13.4. The zero-order chi connectivity index (χ0) is 18.1. The second-order valence-electron chi connectivity index (χ2n) is 8.76. The van der Waals surface area contributed by atoms with Crippen LogP contribution in [0.3, 0.4) is 0 Å². The second kappa shape index (κ2) is 7.80. The van der Waals surface area contributed by atoms with Crippen molar-refractivity contribution in [2.24, 2.45) is 0 Å². The van der Waals surface area contributed by atoms with Gasteiger partial charge in [0.25, 0.3) is 0 Å². The van der Waals surface area contributed by atoms with Gasteiger partial charge >= 0.3 is 0 Å². The fraction of sp³-hybridized carbons (Fsp3) is 0.682. The third-order valence-corrected chi connectivity index (χ3v) is 6.79. The van der Waals surface area contributed by atoms with Crippen molar-refractivity contribution >= 4 is 5.70 Å². The molecule has 1 saturated heterocycles. The zero-order valence-corrected chi connectivity index (χ0v) is 16.4. The molecule has 1 atom stereocenters. The van der Waals surface area contributed by atoms with Gasteiger partial charge in [0, 0.05) is 62.6 Å². The van der Waals surface area contributed by atoms with E-state index in [1.807, 2.05) is 6.20 Å². The number of nitrogens with one attached hydrogen (secondary N) is 2. The van der Waals surface area contributed by atoms with Crippen LogP contribution in [0.1, 0.15) is 62.4 Å². The van der Waals surface area contributed by atoms with Crippen LogP contribution in [0.2, 0.25) is 0 Å². The van der Waals surface area contributed by atoms with E-state index in [0.717, 1.165) is 37.4 Å². The minimum absolute atomic E-state index is 0.670. The molecule has 0 spiro atoms. The molecule has 146 valence electrons. The molecular formula is C22H33N5. The maximum absolute atomic E-state index is 4.66. The summed E-state index contributed by atoms with van der Waals surface area (Å²) < 4.78 is 0. The summed E-state index contributed by atoms with van der Waals surface area (Å²) in [4.78, 5) is 13.4. The van der Waals surface area contributed by atoms with Gasteiger partial charge in [-0.3, -0.25) is 4.90 Å². The van der Waals surface area contributed by atoms with Crippen LogP contribution < -0.4 is 5.32 Å². The van der Waals surface area contributed by atoms with Crippen molar-refractivity contribution in [2.45, 2.75) is 62.9 Å². The molecule has 0 radical (unpaired) electrons. The number of aromatic amines is 1. The third kappa shape index (κ3) is 3.99. The average molecular weight is 368 g/mol. The highest BCUT2D eigenvalue weighted by atomic mass is 15.2. The molecule has 2 N–H and O–H groups in total. The molecule has 3 fully saturated rings. The molecule has 5 heteroatoms. The molecule has 1 aromatic rings.